The van der Waals surface area contributed by atoms with E-state index >= 15 is 0 Å². The lowest BCUT2D eigenvalue weighted by Gasteiger charge is -2.29. The predicted octanol–water partition coefficient (Wildman–Crippen LogP) is 1.52. The van der Waals surface area contributed by atoms with Gasteiger partial charge in [0.2, 0.25) is 0 Å². The van der Waals surface area contributed by atoms with Crippen LogP contribution in [0, 0.1) is 5.92 Å². The Kier molecular flexibility index (Phi) is 1.63. The normalized spacial score (nSPS) is 36.9. The molecule has 2 unspecified atom stereocenters. The third-order valence-corrected chi connectivity index (χ3v) is 2.61. The Bertz CT molecular complexity index is 186. The first kappa shape index (κ1) is 7.14. The monoisotopic (exact) mass is 152 g/mol. The lowest BCUT2D eigenvalue weighted by atomic mass is 10.00. The van der Waals surface area contributed by atoms with Crippen molar-refractivity contribution in [1.82, 2.24) is 4.90 Å². The molecule has 2 heteroatoms. The molecule has 0 aromatic heterocycles. The van der Waals surface area contributed by atoms with Crippen molar-refractivity contribution in [3.63, 3.8) is 0 Å². The van der Waals surface area contributed by atoms with Gasteiger partial charge in [-0.2, -0.15) is 0 Å². The third kappa shape index (κ3) is 1.26. The number of hydrogen-bond donors (Lipinski definition) is 0. The fourth-order valence-electron chi connectivity index (χ4n) is 2.05. The van der Waals surface area contributed by atoms with Crippen LogP contribution in [0.4, 0.5) is 0 Å². The molecule has 0 bridgehead atoms. The summed E-state index contributed by atoms with van der Waals surface area (Å²) in [5.74, 6) is 2.25. The maximum Gasteiger partial charge on any atom is 0.0993 e. The van der Waals surface area contributed by atoms with Gasteiger partial charge in [-0.15, -0.1) is 0 Å². The van der Waals surface area contributed by atoms with E-state index in [0.29, 0.717) is 6.04 Å². The number of amidine groups is 1. The minimum Gasteiger partial charge on any atom is -0.358 e. The van der Waals surface area contributed by atoms with Gasteiger partial charge in [-0.1, -0.05) is 6.92 Å². The molecule has 2 heterocycles. The Morgan fingerprint density at radius 3 is 3.00 bits per heavy atom. The minimum absolute atomic E-state index is 0.551. The highest BCUT2D eigenvalue weighted by Crippen LogP contribution is 2.22. The summed E-state index contributed by atoms with van der Waals surface area (Å²) in [5.41, 5.74) is 0. The van der Waals surface area contributed by atoms with Gasteiger partial charge in [-0.25, -0.2) is 0 Å². The molecule has 2 aliphatic rings. The quantitative estimate of drug-likeness (QED) is 0.514. The molecule has 0 N–H and O–H groups in total. The molecule has 0 radical (unpaired) electrons. The molecule has 2 atom stereocenters. The second kappa shape index (κ2) is 2.50. The maximum atomic E-state index is 4.59. The van der Waals surface area contributed by atoms with E-state index in [9.17, 15) is 0 Å². The lowest BCUT2D eigenvalue weighted by molar-refractivity contribution is 0.318. The number of hydrogen-bond acceptors (Lipinski definition) is 2. The van der Waals surface area contributed by atoms with Crippen LogP contribution in [0.1, 0.15) is 26.7 Å². The van der Waals surface area contributed by atoms with Gasteiger partial charge in [-0.05, 0) is 19.3 Å². The van der Waals surface area contributed by atoms with Gasteiger partial charge in [0.1, 0.15) is 0 Å². The summed E-state index contributed by atoms with van der Waals surface area (Å²) >= 11 is 0. The van der Waals surface area contributed by atoms with Crippen LogP contribution >= 0.6 is 0 Å². The van der Waals surface area contributed by atoms with Crippen molar-refractivity contribution < 1.29 is 0 Å². The Labute approximate surface area is 68.3 Å². The smallest absolute Gasteiger partial charge is 0.0993 e. The molecule has 2 aliphatic heterocycles. The van der Waals surface area contributed by atoms with Crippen LogP contribution in [0.2, 0.25) is 0 Å². The lowest BCUT2D eigenvalue weighted by Crippen LogP contribution is -2.37. The second-order valence-corrected chi connectivity index (χ2v) is 3.94. The molecule has 62 valence electrons. The van der Waals surface area contributed by atoms with Crippen molar-refractivity contribution in [1.29, 1.82) is 0 Å². The van der Waals surface area contributed by atoms with E-state index in [4.69, 9.17) is 0 Å². The molecule has 0 spiro atoms. The Balaban J connectivity index is 2.07. The zero-order valence-electron chi connectivity index (χ0n) is 7.38. The molecule has 0 amide bonds. The average molecular weight is 152 g/mol. The van der Waals surface area contributed by atoms with E-state index in [-0.39, 0.29) is 0 Å². The number of nitrogens with zero attached hydrogens (tertiary/aromatic N) is 2. The van der Waals surface area contributed by atoms with Gasteiger partial charge in [0.05, 0.1) is 11.9 Å². The van der Waals surface area contributed by atoms with Gasteiger partial charge in [0.25, 0.3) is 0 Å². The highest BCUT2D eigenvalue weighted by Gasteiger charge is 2.27. The largest absolute Gasteiger partial charge is 0.358 e. The zero-order chi connectivity index (χ0) is 7.84. The van der Waals surface area contributed by atoms with E-state index in [1.165, 1.54) is 31.8 Å². The van der Waals surface area contributed by atoms with Gasteiger partial charge in [0, 0.05) is 19.5 Å². The number of aliphatic imine (C=N–C) groups is 1. The first-order valence-electron chi connectivity index (χ1n) is 4.57. The van der Waals surface area contributed by atoms with Crippen molar-refractivity contribution >= 4 is 5.84 Å². The molecule has 0 aromatic rings. The average Bonchev–Trinajstić information content (AvgIpc) is 2.27. The topological polar surface area (TPSA) is 15.6 Å². The molecular formula is C9H16N2. The van der Waals surface area contributed by atoms with Crippen LogP contribution in [0.5, 0.6) is 0 Å². The minimum atomic E-state index is 0.551. The first-order valence-corrected chi connectivity index (χ1v) is 4.57. The summed E-state index contributed by atoms with van der Waals surface area (Å²) in [6.07, 6.45) is 2.55. The molecule has 2 nitrogen and oxygen atoms in total. The maximum absolute atomic E-state index is 4.59. The fraction of sp³-hybridized carbons (Fsp3) is 0.889. The van der Waals surface area contributed by atoms with Crippen LogP contribution in [0.15, 0.2) is 4.99 Å². The van der Waals surface area contributed by atoms with Crippen molar-refractivity contribution in [3.8, 4) is 0 Å². The number of piperidine rings is 1. The molecule has 2 rings (SSSR count). The molecule has 11 heavy (non-hydrogen) atoms. The third-order valence-electron chi connectivity index (χ3n) is 2.61. The number of rotatable bonds is 0. The molecular weight excluding hydrogens is 136 g/mol. The predicted molar refractivity (Wildman–Crippen MR) is 46.9 cm³/mol. The van der Waals surface area contributed by atoms with E-state index in [1.807, 2.05) is 0 Å². The van der Waals surface area contributed by atoms with Crippen molar-refractivity contribution in [2.24, 2.45) is 10.9 Å². The zero-order valence-corrected chi connectivity index (χ0v) is 7.38. The standard InChI is InChI=1S/C9H16N2/c1-7-3-4-9-10-8(2)6-11(9)5-7/h7-8H,3-6H2,1-2H3. The van der Waals surface area contributed by atoms with Gasteiger partial charge >= 0.3 is 0 Å². The van der Waals surface area contributed by atoms with Crippen LogP contribution in [0.25, 0.3) is 0 Å². The van der Waals surface area contributed by atoms with E-state index in [2.05, 4.69) is 23.7 Å². The summed E-state index contributed by atoms with van der Waals surface area (Å²) < 4.78 is 0. The van der Waals surface area contributed by atoms with E-state index in [0.717, 1.165) is 5.92 Å². The summed E-state index contributed by atoms with van der Waals surface area (Å²) in [5, 5.41) is 0. The highest BCUT2D eigenvalue weighted by atomic mass is 15.3. The van der Waals surface area contributed by atoms with Crippen LogP contribution in [-0.2, 0) is 0 Å². The van der Waals surface area contributed by atoms with Crippen molar-refractivity contribution in [3.05, 3.63) is 0 Å². The Morgan fingerprint density at radius 2 is 2.18 bits per heavy atom. The summed E-state index contributed by atoms with van der Waals surface area (Å²) in [4.78, 5) is 7.04. The first-order chi connectivity index (χ1) is 5.25. The number of fused-ring (bicyclic) bond motifs is 1. The molecule has 0 aliphatic carbocycles. The highest BCUT2D eigenvalue weighted by molar-refractivity contribution is 5.84. The second-order valence-electron chi connectivity index (χ2n) is 3.94. The van der Waals surface area contributed by atoms with Crippen LogP contribution in [0.3, 0.4) is 0 Å². The van der Waals surface area contributed by atoms with Gasteiger partial charge in [0.15, 0.2) is 0 Å². The molecule has 1 saturated heterocycles. The van der Waals surface area contributed by atoms with Crippen molar-refractivity contribution in [2.75, 3.05) is 13.1 Å². The molecule has 1 fully saturated rings. The van der Waals surface area contributed by atoms with Crippen LogP contribution in [-0.4, -0.2) is 29.9 Å². The van der Waals surface area contributed by atoms with Gasteiger partial charge in [-0.3, -0.25) is 4.99 Å². The SMILES string of the molecule is CC1CCC2=NC(C)CN2C1. The Morgan fingerprint density at radius 1 is 1.36 bits per heavy atom. The Hall–Kier alpha value is -0.530. The summed E-state index contributed by atoms with van der Waals surface area (Å²) in [6.45, 7) is 6.94. The van der Waals surface area contributed by atoms with Gasteiger partial charge < -0.3 is 4.90 Å². The van der Waals surface area contributed by atoms with Crippen LogP contribution < -0.4 is 0 Å². The summed E-state index contributed by atoms with van der Waals surface area (Å²) in [7, 11) is 0. The molecule has 0 aromatic carbocycles. The summed E-state index contributed by atoms with van der Waals surface area (Å²) in [6, 6.07) is 0.551. The van der Waals surface area contributed by atoms with E-state index < -0.39 is 0 Å². The fourth-order valence-corrected chi connectivity index (χ4v) is 2.05. The molecule has 0 saturated carbocycles. The van der Waals surface area contributed by atoms with Crippen molar-refractivity contribution in [2.45, 2.75) is 32.7 Å². The van der Waals surface area contributed by atoms with E-state index in [1.54, 1.807) is 0 Å².